The Morgan fingerprint density at radius 2 is 1.69 bits per heavy atom. The summed E-state index contributed by atoms with van der Waals surface area (Å²) in [5.41, 5.74) is 4.51. The van der Waals surface area contributed by atoms with Crippen molar-refractivity contribution in [2.45, 2.75) is 50.7 Å². The van der Waals surface area contributed by atoms with E-state index >= 15 is 0 Å². The summed E-state index contributed by atoms with van der Waals surface area (Å²) in [6.45, 7) is 4.59. The van der Waals surface area contributed by atoms with Gasteiger partial charge in [-0.1, -0.05) is 24.3 Å². The first-order valence-electron chi connectivity index (χ1n) is 12.7. The van der Waals surface area contributed by atoms with E-state index in [9.17, 15) is 14.0 Å². The van der Waals surface area contributed by atoms with Crippen LogP contribution < -0.4 is 0 Å². The van der Waals surface area contributed by atoms with Crippen LogP contribution in [0.2, 0.25) is 0 Å². The zero-order valence-electron chi connectivity index (χ0n) is 20.4. The number of H-pyrrole nitrogens is 1. The fourth-order valence-electron chi connectivity index (χ4n) is 6.32. The van der Waals surface area contributed by atoms with E-state index in [-0.39, 0.29) is 23.8 Å². The summed E-state index contributed by atoms with van der Waals surface area (Å²) >= 11 is 0. The Morgan fingerprint density at radius 1 is 1.03 bits per heavy atom. The quantitative estimate of drug-likeness (QED) is 0.552. The third-order valence-corrected chi connectivity index (χ3v) is 8.21. The van der Waals surface area contributed by atoms with E-state index in [1.807, 2.05) is 30.2 Å². The largest absolute Gasteiger partial charge is 0.327 e. The Labute approximate surface area is 209 Å². The lowest BCUT2D eigenvalue weighted by Gasteiger charge is -2.42. The molecule has 186 valence electrons. The minimum absolute atomic E-state index is 0.0258. The van der Waals surface area contributed by atoms with Crippen molar-refractivity contribution in [3.05, 3.63) is 77.2 Å². The Morgan fingerprint density at radius 3 is 2.33 bits per heavy atom. The van der Waals surface area contributed by atoms with E-state index in [0.717, 1.165) is 29.7 Å². The third-order valence-electron chi connectivity index (χ3n) is 8.21. The molecule has 3 amide bonds. The molecule has 1 N–H and O–H groups in total. The SMILES string of the molecule is CCN1C(=O)N(C2Cc3ccccc3C2)C(=O)C12CCN(Cc1cn[nH]c1-c1ccc(F)cc1)CC2. The number of amides is 3. The maximum atomic E-state index is 13.9. The highest BCUT2D eigenvalue weighted by molar-refractivity contribution is 6.07. The van der Waals surface area contributed by atoms with Crippen LogP contribution in [-0.2, 0) is 24.2 Å². The normalized spacial score (nSPS) is 20.1. The number of aromatic nitrogens is 2. The van der Waals surface area contributed by atoms with Gasteiger partial charge in [0.25, 0.3) is 5.91 Å². The first kappa shape index (κ1) is 22.9. The molecule has 2 fully saturated rings. The minimum Gasteiger partial charge on any atom is -0.310 e. The summed E-state index contributed by atoms with van der Waals surface area (Å²) in [6, 6.07) is 14.4. The van der Waals surface area contributed by atoms with Gasteiger partial charge in [-0.15, -0.1) is 0 Å². The molecule has 0 saturated carbocycles. The number of imide groups is 1. The first-order chi connectivity index (χ1) is 17.5. The van der Waals surface area contributed by atoms with Gasteiger partial charge in [-0.05, 0) is 68.0 Å². The number of hydrogen-bond acceptors (Lipinski definition) is 4. The number of hydrogen-bond donors (Lipinski definition) is 1. The standard InChI is InChI=1S/C28H30FN5O2/c1-2-33-27(36)34(24-15-20-5-3-4-6-21(20)16-24)26(35)28(33)11-13-32(14-12-28)18-22-17-30-31-25(22)19-7-9-23(29)10-8-19/h3-10,17,24H,2,11-16,18H2,1H3,(H,30,31). The molecule has 1 aromatic heterocycles. The van der Waals surface area contributed by atoms with E-state index in [0.29, 0.717) is 39.0 Å². The van der Waals surface area contributed by atoms with Crippen molar-refractivity contribution in [2.75, 3.05) is 19.6 Å². The van der Waals surface area contributed by atoms with E-state index in [1.165, 1.54) is 23.3 Å². The zero-order chi connectivity index (χ0) is 24.9. The molecule has 8 heteroatoms. The van der Waals surface area contributed by atoms with Crippen molar-refractivity contribution in [2.24, 2.45) is 0 Å². The predicted octanol–water partition coefficient (Wildman–Crippen LogP) is 4.00. The second-order valence-corrected chi connectivity index (χ2v) is 10.1. The lowest BCUT2D eigenvalue weighted by atomic mass is 9.85. The Kier molecular flexibility index (Phi) is 5.63. The van der Waals surface area contributed by atoms with Crippen LogP contribution in [0.5, 0.6) is 0 Å². The Bertz CT molecular complexity index is 1270. The highest BCUT2D eigenvalue weighted by Gasteiger charge is 2.59. The molecule has 0 unspecified atom stereocenters. The maximum Gasteiger partial charge on any atom is 0.327 e. The Hall–Kier alpha value is -3.52. The number of benzene rings is 2. The molecule has 0 radical (unpaired) electrons. The van der Waals surface area contributed by atoms with Gasteiger partial charge in [0.2, 0.25) is 0 Å². The third kappa shape index (κ3) is 3.63. The molecule has 1 aliphatic carbocycles. The number of nitrogens with zero attached hydrogens (tertiary/aromatic N) is 4. The van der Waals surface area contributed by atoms with Crippen LogP contribution in [0.25, 0.3) is 11.3 Å². The number of likely N-dealkylation sites (N-methyl/N-ethyl adjacent to an activating group) is 1. The van der Waals surface area contributed by atoms with Gasteiger partial charge in [-0.2, -0.15) is 5.10 Å². The van der Waals surface area contributed by atoms with Gasteiger partial charge in [0.05, 0.1) is 11.9 Å². The zero-order valence-corrected chi connectivity index (χ0v) is 20.4. The van der Waals surface area contributed by atoms with Crippen molar-refractivity contribution < 1.29 is 14.0 Å². The molecule has 36 heavy (non-hydrogen) atoms. The summed E-state index contributed by atoms with van der Waals surface area (Å²) in [6.07, 6.45) is 4.52. The molecule has 2 aromatic carbocycles. The molecular weight excluding hydrogens is 457 g/mol. The van der Waals surface area contributed by atoms with Crippen LogP contribution in [0.1, 0.15) is 36.5 Å². The number of nitrogens with one attached hydrogen (secondary N) is 1. The van der Waals surface area contributed by atoms with Gasteiger partial charge < -0.3 is 4.90 Å². The van der Waals surface area contributed by atoms with Gasteiger partial charge in [0, 0.05) is 43.3 Å². The maximum absolute atomic E-state index is 13.9. The molecule has 2 saturated heterocycles. The molecule has 0 bridgehead atoms. The van der Waals surface area contributed by atoms with Crippen LogP contribution in [-0.4, -0.2) is 68.1 Å². The summed E-state index contributed by atoms with van der Waals surface area (Å²) in [5, 5.41) is 7.26. The van der Waals surface area contributed by atoms with Crippen LogP contribution >= 0.6 is 0 Å². The van der Waals surface area contributed by atoms with Gasteiger partial charge in [0.15, 0.2) is 0 Å². The van der Waals surface area contributed by atoms with E-state index in [4.69, 9.17) is 0 Å². The molecule has 1 spiro atoms. The summed E-state index contributed by atoms with van der Waals surface area (Å²) < 4.78 is 13.4. The summed E-state index contributed by atoms with van der Waals surface area (Å²) in [4.78, 5) is 33.1. The van der Waals surface area contributed by atoms with E-state index < -0.39 is 5.54 Å². The molecule has 3 aromatic rings. The number of rotatable bonds is 5. The number of urea groups is 1. The van der Waals surface area contributed by atoms with Crippen LogP contribution in [0.15, 0.2) is 54.7 Å². The van der Waals surface area contributed by atoms with Crippen molar-refractivity contribution >= 4 is 11.9 Å². The second kappa shape index (κ2) is 8.85. The number of carbonyl (C=O) groups excluding carboxylic acids is 2. The molecule has 7 nitrogen and oxygen atoms in total. The van der Waals surface area contributed by atoms with Crippen molar-refractivity contribution in [3.8, 4) is 11.3 Å². The number of aromatic amines is 1. The topological polar surface area (TPSA) is 72.5 Å². The monoisotopic (exact) mass is 487 g/mol. The highest BCUT2D eigenvalue weighted by Crippen LogP contribution is 2.40. The van der Waals surface area contributed by atoms with Gasteiger partial charge in [0.1, 0.15) is 11.4 Å². The molecule has 3 aliphatic rings. The summed E-state index contributed by atoms with van der Waals surface area (Å²) in [5.74, 6) is -0.296. The Balaban J connectivity index is 1.17. The fourth-order valence-corrected chi connectivity index (χ4v) is 6.32. The molecule has 6 rings (SSSR count). The predicted molar refractivity (Wildman–Crippen MR) is 133 cm³/mol. The number of carbonyl (C=O) groups is 2. The first-order valence-corrected chi connectivity index (χ1v) is 12.7. The van der Waals surface area contributed by atoms with Crippen LogP contribution in [0.4, 0.5) is 9.18 Å². The lowest BCUT2D eigenvalue weighted by molar-refractivity contribution is -0.137. The number of likely N-dealkylation sites (tertiary alicyclic amines) is 1. The molecular formula is C28H30FN5O2. The van der Waals surface area contributed by atoms with Crippen molar-refractivity contribution in [1.82, 2.24) is 24.9 Å². The average molecular weight is 488 g/mol. The van der Waals surface area contributed by atoms with Gasteiger partial charge in [-0.3, -0.25) is 19.7 Å². The van der Waals surface area contributed by atoms with Crippen molar-refractivity contribution in [3.63, 3.8) is 0 Å². The van der Waals surface area contributed by atoms with Gasteiger partial charge in [-0.25, -0.2) is 9.18 Å². The highest BCUT2D eigenvalue weighted by atomic mass is 19.1. The smallest absolute Gasteiger partial charge is 0.310 e. The average Bonchev–Trinajstić information content (AvgIpc) is 3.57. The molecule has 0 atom stereocenters. The van der Waals surface area contributed by atoms with Crippen molar-refractivity contribution in [1.29, 1.82) is 0 Å². The number of fused-ring (bicyclic) bond motifs is 1. The second-order valence-electron chi connectivity index (χ2n) is 10.1. The summed E-state index contributed by atoms with van der Waals surface area (Å²) in [7, 11) is 0. The minimum atomic E-state index is -0.757. The van der Waals surface area contributed by atoms with Gasteiger partial charge >= 0.3 is 6.03 Å². The van der Waals surface area contributed by atoms with E-state index in [1.54, 1.807) is 17.0 Å². The lowest BCUT2D eigenvalue weighted by Crippen LogP contribution is -2.56. The number of piperidine rings is 1. The van der Waals surface area contributed by atoms with E-state index in [2.05, 4.69) is 27.2 Å². The molecule has 3 heterocycles. The number of halogens is 1. The van der Waals surface area contributed by atoms with Crippen LogP contribution in [0.3, 0.4) is 0 Å². The fraction of sp³-hybridized carbons (Fsp3) is 0.393. The van der Waals surface area contributed by atoms with Crippen LogP contribution in [0, 0.1) is 5.82 Å². The molecule has 2 aliphatic heterocycles.